The Labute approximate surface area is 71.2 Å². The lowest BCUT2D eigenvalue weighted by Crippen LogP contribution is -1.85. The molecule has 1 nitrogen and oxygen atoms in total. The van der Waals surface area contributed by atoms with Crippen molar-refractivity contribution in [3.05, 3.63) is 22.7 Å². The summed E-state index contributed by atoms with van der Waals surface area (Å²) in [7, 11) is 0. The van der Waals surface area contributed by atoms with Crippen LogP contribution >= 0.6 is 27.7 Å². The van der Waals surface area contributed by atoms with Crippen LogP contribution in [-0.2, 0) is 0 Å². The van der Waals surface area contributed by atoms with Gasteiger partial charge in [-0.2, -0.15) is 4.39 Å². The zero-order valence-electron chi connectivity index (χ0n) is 5.27. The SMILES string of the molecule is CSc1ccc(Br)nc1F. The van der Waals surface area contributed by atoms with Crippen LogP contribution in [-0.4, -0.2) is 11.2 Å². The summed E-state index contributed by atoms with van der Waals surface area (Å²) in [6.07, 6.45) is 1.81. The van der Waals surface area contributed by atoms with Crippen molar-refractivity contribution in [2.45, 2.75) is 4.90 Å². The minimum atomic E-state index is -0.415. The van der Waals surface area contributed by atoms with Crippen molar-refractivity contribution in [3.63, 3.8) is 0 Å². The standard InChI is InChI=1S/C6H5BrFNS/c1-10-4-2-3-5(7)9-6(4)8/h2-3H,1H3. The van der Waals surface area contributed by atoms with Gasteiger partial charge >= 0.3 is 0 Å². The van der Waals surface area contributed by atoms with Gasteiger partial charge in [-0.1, -0.05) is 0 Å². The summed E-state index contributed by atoms with van der Waals surface area (Å²) >= 11 is 4.41. The van der Waals surface area contributed by atoms with Crippen LogP contribution in [0.4, 0.5) is 4.39 Å². The molecule has 10 heavy (non-hydrogen) atoms. The van der Waals surface area contributed by atoms with E-state index >= 15 is 0 Å². The molecule has 0 saturated heterocycles. The molecule has 1 rings (SSSR count). The minimum Gasteiger partial charge on any atom is -0.212 e. The molecule has 0 spiro atoms. The fourth-order valence-electron chi connectivity index (χ4n) is 0.552. The molecule has 0 atom stereocenters. The summed E-state index contributed by atoms with van der Waals surface area (Å²) < 4.78 is 13.2. The summed E-state index contributed by atoms with van der Waals surface area (Å²) in [6, 6.07) is 3.41. The molecule has 0 radical (unpaired) electrons. The molecule has 0 unspecified atom stereocenters. The first-order valence-corrected chi connectivity index (χ1v) is 4.62. The van der Waals surface area contributed by atoms with Crippen LogP contribution in [0, 0.1) is 5.95 Å². The van der Waals surface area contributed by atoms with E-state index in [1.807, 2.05) is 6.26 Å². The minimum absolute atomic E-state index is 0.415. The highest BCUT2D eigenvalue weighted by molar-refractivity contribution is 9.10. The fourth-order valence-corrected chi connectivity index (χ4v) is 1.26. The van der Waals surface area contributed by atoms with Crippen molar-refractivity contribution in [1.29, 1.82) is 0 Å². The maximum atomic E-state index is 12.7. The van der Waals surface area contributed by atoms with Gasteiger partial charge in [-0.25, -0.2) is 4.98 Å². The maximum absolute atomic E-state index is 12.7. The molecule has 1 aromatic heterocycles. The Hall–Kier alpha value is -0.0900. The van der Waals surface area contributed by atoms with E-state index in [0.717, 1.165) is 0 Å². The third kappa shape index (κ3) is 1.70. The monoisotopic (exact) mass is 221 g/mol. The normalized spacial score (nSPS) is 9.90. The van der Waals surface area contributed by atoms with Gasteiger partial charge < -0.3 is 0 Å². The first-order chi connectivity index (χ1) is 4.74. The summed E-state index contributed by atoms with van der Waals surface area (Å²) in [5.41, 5.74) is 0. The van der Waals surface area contributed by atoms with Gasteiger partial charge in [0.2, 0.25) is 5.95 Å². The number of aromatic nitrogens is 1. The molecule has 0 bridgehead atoms. The number of hydrogen-bond donors (Lipinski definition) is 0. The molecule has 0 aliphatic carbocycles. The Kier molecular flexibility index (Phi) is 2.68. The fraction of sp³-hybridized carbons (Fsp3) is 0.167. The molecule has 1 aromatic rings. The van der Waals surface area contributed by atoms with Gasteiger partial charge in [0.1, 0.15) is 4.60 Å². The average Bonchev–Trinajstić information content (AvgIpc) is 1.88. The highest BCUT2D eigenvalue weighted by Crippen LogP contribution is 2.18. The Bertz CT molecular complexity index is 241. The third-order valence-electron chi connectivity index (χ3n) is 1.00. The van der Waals surface area contributed by atoms with Crippen molar-refractivity contribution in [1.82, 2.24) is 4.98 Å². The van der Waals surface area contributed by atoms with Gasteiger partial charge in [0.25, 0.3) is 0 Å². The maximum Gasteiger partial charge on any atom is 0.227 e. The summed E-state index contributed by atoms with van der Waals surface area (Å²) in [5, 5.41) is 0. The second kappa shape index (κ2) is 3.34. The molecule has 4 heteroatoms. The van der Waals surface area contributed by atoms with Crippen LogP contribution in [0.15, 0.2) is 21.6 Å². The molecular weight excluding hydrogens is 217 g/mol. The number of hydrogen-bond acceptors (Lipinski definition) is 2. The molecule has 0 fully saturated rings. The number of nitrogens with zero attached hydrogens (tertiary/aromatic N) is 1. The highest BCUT2D eigenvalue weighted by atomic mass is 79.9. The second-order valence-corrected chi connectivity index (χ2v) is 3.29. The zero-order valence-corrected chi connectivity index (χ0v) is 7.67. The van der Waals surface area contributed by atoms with E-state index in [4.69, 9.17) is 0 Å². The first-order valence-electron chi connectivity index (χ1n) is 2.60. The van der Waals surface area contributed by atoms with Gasteiger partial charge in [0.15, 0.2) is 0 Å². The summed E-state index contributed by atoms with van der Waals surface area (Å²) in [6.45, 7) is 0. The van der Waals surface area contributed by atoms with E-state index in [9.17, 15) is 4.39 Å². The van der Waals surface area contributed by atoms with Crippen LogP contribution in [0.3, 0.4) is 0 Å². The van der Waals surface area contributed by atoms with E-state index in [1.165, 1.54) is 11.8 Å². The summed E-state index contributed by atoms with van der Waals surface area (Å²) in [4.78, 5) is 4.15. The molecule has 54 valence electrons. The predicted molar refractivity (Wildman–Crippen MR) is 43.7 cm³/mol. The van der Waals surface area contributed by atoms with Crippen molar-refractivity contribution in [2.75, 3.05) is 6.26 Å². The van der Waals surface area contributed by atoms with E-state index in [2.05, 4.69) is 20.9 Å². The van der Waals surface area contributed by atoms with Crippen molar-refractivity contribution >= 4 is 27.7 Å². The van der Waals surface area contributed by atoms with E-state index < -0.39 is 5.95 Å². The smallest absolute Gasteiger partial charge is 0.212 e. The number of thioether (sulfide) groups is 1. The van der Waals surface area contributed by atoms with Crippen LogP contribution in [0.1, 0.15) is 0 Å². The first kappa shape index (κ1) is 8.01. The number of rotatable bonds is 1. The molecule has 0 aliphatic heterocycles. The molecular formula is C6H5BrFNS. The Balaban J connectivity index is 3.07. The molecule has 0 N–H and O–H groups in total. The molecule has 0 aromatic carbocycles. The van der Waals surface area contributed by atoms with Crippen LogP contribution in [0.25, 0.3) is 0 Å². The lowest BCUT2D eigenvalue weighted by molar-refractivity contribution is 0.554. The molecule has 1 heterocycles. The quantitative estimate of drug-likeness (QED) is 0.535. The van der Waals surface area contributed by atoms with E-state index in [1.54, 1.807) is 12.1 Å². The highest BCUT2D eigenvalue weighted by Gasteiger charge is 2.00. The lowest BCUT2D eigenvalue weighted by Gasteiger charge is -1.96. The largest absolute Gasteiger partial charge is 0.227 e. The van der Waals surface area contributed by atoms with Crippen molar-refractivity contribution < 1.29 is 4.39 Å². The number of halogens is 2. The van der Waals surface area contributed by atoms with Crippen LogP contribution < -0.4 is 0 Å². The lowest BCUT2D eigenvalue weighted by atomic mass is 10.5. The van der Waals surface area contributed by atoms with Crippen LogP contribution in [0.5, 0.6) is 0 Å². The number of pyridine rings is 1. The Morgan fingerprint density at radius 3 is 2.80 bits per heavy atom. The van der Waals surface area contributed by atoms with Gasteiger partial charge in [-0.15, -0.1) is 11.8 Å². The third-order valence-corrected chi connectivity index (χ3v) is 2.19. The van der Waals surface area contributed by atoms with Gasteiger partial charge in [0, 0.05) is 0 Å². The molecule has 0 aliphatic rings. The van der Waals surface area contributed by atoms with Crippen molar-refractivity contribution in [3.8, 4) is 0 Å². The van der Waals surface area contributed by atoms with E-state index in [0.29, 0.717) is 9.50 Å². The second-order valence-electron chi connectivity index (χ2n) is 1.63. The van der Waals surface area contributed by atoms with Crippen molar-refractivity contribution in [2.24, 2.45) is 0 Å². The topological polar surface area (TPSA) is 12.9 Å². The van der Waals surface area contributed by atoms with Gasteiger partial charge in [0.05, 0.1) is 4.90 Å². The van der Waals surface area contributed by atoms with Crippen LogP contribution in [0.2, 0.25) is 0 Å². The van der Waals surface area contributed by atoms with Gasteiger partial charge in [-0.05, 0) is 34.3 Å². The molecule has 0 saturated carbocycles. The Morgan fingerprint density at radius 2 is 2.30 bits per heavy atom. The average molecular weight is 222 g/mol. The van der Waals surface area contributed by atoms with E-state index in [-0.39, 0.29) is 0 Å². The predicted octanol–water partition coefficient (Wildman–Crippen LogP) is 2.71. The molecule has 0 amide bonds. The Morgan fingerprint density at radius 1 is 1.60 bits per heavy atom. The van der Waals surface area contributed by atoms with Gasteiger partial charge in [-0.3, -0.25) is 0 Å². The summed E-state index contributed by atoms with van der Waals surface area (Å²) in [5.74, 6) is -0.415. The zero-order chi connectivity index (χ0) is 7.56.